The highest BCUT2D eigenvalue weighted by atomic mass is 16.5. The first-order chi connectivity index (χ1) is 8.11. The molecule has 2 rings (SSSR count). The van der Waals surface area contributed by atoms with Crippen LogP contribution in [0.15, 0.2) is 18.6 Å². The lowest BCUT2D eigenvalue weighted by Crippen LogP contribution is -2.06. The molecule has 0 aromatic carbocycles. The van der Waals surface area contributed by atoms with Gasteiger partial charge in [0.1, 0.15) is 0 Å². The highest BCUT2D eigenvalue weighted by Crippen LogP contribution is 2.06. The molecule has 2 aromatic heterocycles. The molecule has 0 amide bonds. The Morgan fingerprint density at radius 3 is 2.88 bits per heavy atom. The first kappa shape index (κ1) is 11.1. The predicted octanol–water partition coefficient (Wildman–Crippen LogP) is 0.604. The second-order valence-corrected chi connectivity index (χ2v) is 3.20. The molecule has 7 nitrogen and oxygen atoms in total. The number of hydrogen-bond donors (Lipinski definition) is 1. The maximum atomic E-state index is 11.4. The van der Waals surface area contributed by atoms with Crippen molar-refractivity contribution in [1.29, 1.82) is 0 Å². The SMILES string of the molecule is CCOC(=O)c1cnc2nc(C(=O)O)cn2c1. The zero-order chi connectivity index (χ0) is 12.4. The van der Waals surface area contributed by atoms with Crippen molar-refractivity contribution >= 4 is 17.7 Å². The minimum Gasteiger partial charge on any atom is -0.476 e. The molecule has 88 valence electrons. The van der Waals surface area contributed by atoms with Crippen LogP contribution in [-0.2, 0) is 4.74 Å². The normalized spacial score (nSPS) is 10.4. The fourth-order valence-electron chi connectivity index (χ4n) is 1.31. The van der Waals surface area contributed by atoms with Crippen LogP contribution in [0.3, 0.4) is 0 Å². The van der Waals surface area contributed by atoms with E-state index < -0.39 is 11.9 Å². The molecule has 0 radical (unpaired) electrons. The number of imidazole rings is 1. The van der Waals surface area contributed by atoms with Gasteiger partial charge in [-0.1, -0.05) is 0 Å². The molecule has 0 unspecified atom stereocenters. The van der Waals surface area contributed by atoms with Gasteiger partial charge in [-0.15, -0.1) is 0 Å². The second-order valence-electron chi connectivity index (χ2n) is 3.20. The van der Waals surface area contributed by atoms with E-state index in [1.165, 1.54) is 23.0 Å². The van der Waals surface area contributed by atoms with Crippen LogP contribution in [0.5, 0.6) is 0 Å². The Morgan fingerprint density at radius 2 is 2.24 bits per heavy atom. The fraction of sp³-hybridized carbons (Fsp3) is 0.200. The van der Waals surface area contributed by atoms with Crippen LogP contribution in [0.1, 0.15) is 27.8 Å². The topological polar surface area (TPSA) is 93.8 Å². The van der Waals surface area contributed by atoms with Gasteiger partial charge in [-0.25, -0.2) is 19.6 Å². The second kappa shape index (κ2) is 4.20. The van der Waals surface area contributed by atoms with Crippen LogP contribution in [0, 0.1) is 0 Å². The Bertz CT molecular complexity index is 590. The van der Waals surface area contributed by atoms with Gasteiger partial charge < -0.3 is 9.84 Å². The number of aromatic carboxylic acids is 1. The summed E-state index contributed by atoms with van der Waals surface area (Å²) < 4.78 is 6.17. The highest BCUT2D eigenvalue weighted by molar-refractivity contribution is 5.89. The highest BCUT2D eigenvalue weighted by Gasteiger charge is 2.12. The van der Waals surface area contributed by atoms with E-state index in [0.29, 0.717) is 0 Å². The van der Waals surface area contributed by atoms with Crippen molar-refractivity contribution in [2.45, 2.75) is 6.92 Å². The van der Waals surface area contributed by atoms with Gasteiger partial charge in [-0.2, -0.15) is 0 Å². The standard InChI is InChI=1S/C10H9N3O4/c1-2-17-9(16)6-3-11-10-12-7(8(14)15)5-13(10)4-6/h3-5H,2H2,1H3,(H,14,15). The summed E-state index contributed by atoms with van der Waals surface area (Å²) in [5.41, 5.74) is 0.118. The number of carboxylic acids is 1. The van der Waals surface area contributed by atoms with Gasteiger partial charge in [0.05, 0.1) is 12.2 Å². The van der Waals surface area contributed by atoms with Crippen LogP contribution in [0.2, 0.25) is 0 Å². The molecule has 0 aliphatic heterocycles. The molecule has 0 aliphatic rings. The third kappa shape index (κ3) is 2.07. The molecule has 0 bridgehead atoms. The number of fused-ring (bicyclic) bond motifs is 1. The zero-order valence-corrected chi connectivity index (χ0v) is 8.95. The summed E-state index contributed by atoms with van der Waals surface area (Å²) in [7, 11) is 0. The number of nitrogens with zero attached hydrogens (tertiary/aromatic N) is 3. The van der Waals surface area contributed by atoms with Crippen molar-refractivity contribution in [2.24, 2.45) is 0 Å². The Kier molecular flexibility index (Phi) is 2.73. The number of hydrogen-bond acceptors (Lipinski definition) is 5. The van der Waals surface area contributed by atoms with E-state index in [4.69, 9.17) is 9.84 Å². The number of carbonyl (C=O) groups excluding carboxylic acids is 1. The lowest BCUT2D eigenvalue weighted by Gasteiger charge is -2.00. The molecule has 17 heavy (non-hydrogen) atoms. The summed E-state index contributed by atoms with van der Waals surface area (Å²) in [6.45, 7) is 1.96. The maximum absolute atomic E-state index is 11.4. The van der Waals surface area contributed by atoms with Gasteiger partial charge in [-0.3, -0.25) is 4.40 Å². The largest absolute Gasteiger partial charge is 0.476 e. The van der Waals surface area contributed by atoms with Crippen LogP contribution >= 0.6 is 0 Å². The molecule has 0 saturated carbocycles. The lowest BCUT2D eigenvalue weighted by atomic mass is 10.3. The quantitative estimate of drug-likeness (QED) is 0.783. The van der Waals surface area contributed by atoms with E-state index >= 15 is 0 Å². The molecule has 0 aliphatic carbocycles. The number of esters is 1. The fourth-order valence-corrected chi connectivity index (χ4v) is 1.31. The molecular weight excluding hydrogens is 226 g/mol. The summed E-state index contributed by atoms with van der Waals surface area (Å²) in [6.07, 6.45) is 4.01. The van der Waals surface area contributed by atoms with E-state index in [2.05, 4.69) is 9.97 Å². The van der Waals surface area contributed by atoms with Gasteiger partial charge >= 0.3 is 11.9 Å². The molecule has 1 N–H and O–H groups in total. The van der Waals surface area contributed by atoms with E-state index in [1.807, 2.05) is 0 Å². The summed E-state index contributed by atoms with van der Waals surface area (Å²) >= 11 is 0. The van der Waals surface area contributed by atoms with Crippen molar-refractivity contribution in [1.82, 2.24) is 14.4 Å². The van der Waals surface area contributed by atoms with E-state index in [-0.39, 0.29) is 23.6 Å². The van der Waals surface area contributed by atoms with Crippen molar-refractivity contribution in [2.75, 3.05) is 6.61 Å². The Morgan fingerprint density at radius 1 is 1.47 bits per heavy atom. The van der Waals surface area contributed by atoms with E-state index in [1.54, 1.807) is 6.92 Å². The molecule has 2 heterocycles. The van der Waals surface area contributed by atoms with Crippen LogP contribution in [0.4, 0.5) is 0 Å². The summed E-state index contributed by atoms with van der Waals surface area (Å²) in [5.74, 6) is -1.43. The Labute approximate surface area is 95.7 Å². The summed E-state index contributed by atoms with van der Waals surface area (Å²) in [6, 6.07) is 0. The number of aromatic nitrogens is 3. The maximum Gasteiger partial charge on any atom is 0.356 e. The lowest BCUT2D eigenvalue weighted by molar-refractivity contribution is 0.0524. The van der Waals surface area contributed by atoms with Gasteiger partial charge in [0.25, 0.3) is 0 Å². The molecule has 0 fully saturated rings. The molecule has 0 saturated heterocycles. The Balaban J connectivity index is 2.43. The monoisotopic (exact) mass is 235 g/mol. The van der Waals surface area contributed by atoms with Crippen LogP contribution < -0.4 is 0 Å². The number of ether oxygens (including phenoxy) is 1. The first-order valence-corrected chi connectivity index (χ1v) is 4.87. The van der Waals surface area contributed by atoms with Gasteiger partial charge in [0, 0.05) is 18.6 Å². The zero-order valence-electron chi connectivity index (χ0n) is 8.95. The number of carbonyl (C=O) groups is 2. The molecule has 0 spiro atoms. The summed E-state index contributed by atoms with van der Waals surface area (Å²) in [5, 5.41) is 8.75. The number of rotatable bonds is 3. The predicted molar refractivity (Wildman–Crippen MR) is 55.9 cm³/mol. The molecular formula is C10H9N3O4. The Hall–Kier alpha value is -2.44. The smallest absolute Gasteiger partial charge is 0.356 e. The molecule has 0 atom stereocenters. The average molecular weight is 235 g/mol. The molecule has 2 aromatic rings. The van der Waals surface area contributed by atoms with Crippen molar-refractivity contribution < 1.29 is 19.4 Å². The van der Waals surface area contributed by atoms with Gasteiger partial charge in [0.2, 0.25) is 5.78 Å². The number of carboxylic acid groups (broad SMARTS) is 1. The van der Waals surface area contributed by atoms with Crippen molar-refractivity contribution in [3.05, 3.63) is 29.8 Å². The van der Waals surface area contributed by atoms with E-state index in [0.717, 1.165) is 0 Å². The first-order valence-electron chi connectivity index (χ1n) is 4.87. The third-order valence-electron chi connectivity index (χ3n) is 2.04. The van der Waals surface area contributed by atoms with Gasteiger partial charge in [-0.05, 0) is 6.92 Å². The van der Waals surface area contributed by atoms with Crippen LogP contribution in [-0.4, -0.2) is 38.0 Å². The third-order valence-corrected chi connectivity index (χ3v) is 2.04. The minimum atomic E-state index is -1.15. The van der Waals surface area contributed by atoms with Crippen molar-refractivity contribution in [3.8, 4) is 0 Å². The minimum absolute atomic E-state index is 0.126. The average Bonchev–Trinajstić information content (AvgIpc) is 2.71. The molecule has 7 heteroatoms. The van der Waals surface area contributed by atoms with Crippen molar-refractivity contribution in [3.63, 3.8) is 0 Å². The summed E-state index contributed by atoms with van der Waals surface area (Å²) in [4.78, 5) is 29.7. The van der Waals surface area contributed by atoms with E-state index in [9.17, 15) is 9.59 Å². The van der Waals surface area contributed by atoms with Gasteiger partial charge in [0.15, 0.2) is 5.69 Å². The van der Waals surface area contributed by atoms with Crippen LogP contribution in [0.25, 0.3) is 5.78 Å².